The maximum Gasteiger partial charge on any atom is 0.450 e. The summed E-state index contributed by atoms with van der Waals surface area (Å²) in [5.41, 5.74) is -4.31. The molecule has 2 aromatic heterocycles. The van der Waals surface area contributed by atoms with E-state index in [4.69, 9.17) is 16.1 Å². The number of amides is 1. The van der Waals surface area contributed by atoms with Gasteiger partial charge in [-0.05, 0) is 31.0 Å². The first-order valence-corrected chi connectivity index (χ1v) is 13.2. The number of rotatable bonds is 7. The molecule has 0 unspecified atom stereocenters. The van der Waals surface area contributed by atoms with Crippen LogP contribution in [-0.2, 0) is 23.3 Å². The van der Waals surface area contributed by atoms with Crippen LogP contribution in [0.2, 0.25) is 5.02 Å². The fourth-order valence-corrected chi connectivity index (χ4v) is 5.10. The summed E-state index contributed by atoms with van der Waals surface area (Å²) in [5.74, 6) is -3.13. The molecular weight excluding hydrogens is 658 g/mol. The normalized spacial score (nSPS) is 15.1. The highest BCUT2D eigenvalue weighted by molar-refractivity contribution is 7.88. The lowest BCUT2D eigenvalue weighted by atomic mass is 10.1. The van der Waals surface area contributed by atoms with Crippen molar-refractivity contribution in [3.8, 4) is 28.6 Å². The molecule has 1 aliphatic carbocycles. The Kier molecular flexibility index (Phi) is 7.73. The van der Waals surface area contributed by atoms with Crippen LogP contribution < -0.4 is 4.18 Å². The molecule has 1 amide bonds. The van der Waals surface area contributed by atoms with Crippen molar-refractivity contribution in [2.45, 2.75) is 42.4 Å². The molecule has 21 heteroatoms. The van der Waals surface area contributed by atoms with Gasteiger partial charge in [-0.15, -0.1) is 5.10 Å². The van der Waals surface area contributed by atoms with Gasteiger partial charge in [0.25, 0.3) is 11.8 Å². The Morgan fingerprint density at radius 2 is 1.63 bits per heavy atom. The minimum absolute atomic E-state index is 0.00652. The van der Waals surface area contributed by atoms with Crippen molar-refractivity contribution in [1.82, 2.24) is 19.8 Å². The van der Waals surface area contributed by atoms with Crippen LogP contribution >= 0.6 is 11.6 Å². The third-order valence-corrected chi connectivity index (χ3v) is 8.07. The molecule has 43 heavy (non-hydrogen) atoms. The molecule has 0 radical (unpaired) electrons. The first kappa shape index (κ1) is 32.4. The molecule has 1 aromatic carbocycles. The summed E-state index contributed by atoms with van der Waals surface area (Å²) in [6.45, 7) is 0. The van der Waals surface area contributed by atoms with Gasteiger partial charge in [0.05, 0.1) is 10.6 Å². The largest absolute Gasteiger partial charge is 0.450 e. The van der Waals surface area contributed by atoms with E-state index in [1.165, 1.54) is 30.1 Å². The summed E-state index contributed by atoms with van der Waals surface area (Å²) < 4.78 is 167. The number of hydrogen-bond donors (Lipinski definition) is 0. The van der Waals surface area contributed by atoms with Crippen LogP contribution in [0.3, 0.4) is 0 Å². The Hall–Kier alpha value is -3.55. The van der Waals surface area contributed by atoms with E-state index in [9.17, 15) is 57.1 Å². The first-order chi connectivity index (χ1) is 19.5. The molecule has 0 atom stereocenters. The number of halogens is 11. The molecule has 0 N–H and O–H groups in total. The second-order valence-corrected chi connectivity index (χ2v) is 11.2. The molecule has 0 spiro atoms. The van der Waals surface area contributed by atoms with Crippen molar-refractivity contribution in [3.05, 3.63) is 40.4 Å². The van der Waals surface area contributed by atoms with E-state index in [1.807, 2.05) is 0 Å². The number of carbonyl (C=O) groups excluding carboxylic acids is 1. The SMILES string of the molecule is CN(C(=O)c1cc(-c2cc(-c3c(C(F)(F)F)c(OS(=O)(=O)C(F)(C(F)(F)F)C(F)(F)F)nn3C)no2)ccc1Cl)C1CC1. The summed E-state index contributed by atoms with van der Waals surface area (Å²) in [7, 11) is -5.39. The highest BCUT2D eigenvalue weighted by Gasteiger charge is 2.82. The molecule has 1 fully saturated rings. The highest BCUT2D eigenvalue weighted by atomic mass is 35.5. The zero-order chi connectivity index (χ0) is 32.5. The maximum absolute atomic E-state index is 14.2. The standard InChI is InChI=1S/C22H15ClF10N4O5S/c1-36(10-4-5-10)18(38)11-7-9(3-6-12(11)23)14-8-13(35-41-14)16-15(19(24,25)26)17(34-37(16)2)42-43(39,40)20(27,21(28,29)30)22(31,32)33/h3,6-8,10H,4-5H2,1-2H3. The molecule has 0 aliphatic heterocycles. The van der Waals surface area contributed by atoms with Crippen molar-refractivity contribution >= 4 is 27.6 Å². The van der Waals surface area contributed by atoms with Gasteiger partial charge in [-0.1, -0.05) is 16.8 Å². The zero-order valence-corrected chi connectivity index (χ0v) is 22.8. The topological polar surface area (TPSA) is 108 Å². The third kappa shape index (κ3) is 5.61. The lowest BCUT2D eigenvalue weighted by Crippen LogP contribution is -2.60. The number of carbonyl (C=O) groups is 1. The van der Waals surface area contributed by atoms with E-state index in [0.29, 0.717) is 7.05 Å². The van der Waals surface area contributed by atoms with Crippen molar-refractivity contribution in [1.29, 1.82) is 0 Å². The third-order valence-electron chi connectivity index (χ3n) is 6.21. The number of alkyl halides is 10. The molecule has 236 valence electrons. The van der Waals surface area contributed by atoms with Gasteiger partial charge < -0.3 is 13.6 Å². The van der Waals surface area contributed by atoms with Gasteiger partial charge in [0.2, 0.25) is 0 Å². The lowest BCUT2D eigenvalue weighted by molar-refractivity contribution is -0.307. The van der Waals surface area contributed by atoms with Gasteiger partial charge >= 0.3 is 33.6 Å². The molecule has 9 nitrogen and oxygen atoms in total. The van der Waals surface area contributed by atoms with E-state index >= 15 is 0 Å². The Bertz CT molecular complexity index is 1660. The Balaban J connectivity index is 1.78. The lowest BCUT2D eigenvalue weighted by Gasteiger charge is -2.28. The second kappa shape index (κ2) is 10.3. The summed E-state index contributed by atoms with van der Waals surface area (Å²) in [6.07, 6.45) is -18.6. The zero-order valence-electron chi connectivity index (χ0n) is 21.2. The number of aryl methyl sites for hydroxylation is 1. The molecule has 1 saturated carbocycles. The Morgan fingerprint density at radius 3 is 2.14 bits per heavy atom. The van der Waals surface area contributed by atoms with Gasteiger partial charge in [0.15, 0.2) is 5.76 Å². The average Bonchev–Trinajstić information content (AvgIpc) is 3.50. The molecule has 2 heterocycles. The average molecular weight is 673 g/mol. The summed E-state index contributed by atoms with van der Waals surface area (Å²) in [4.78, 5) is 14.2. The van der Waals surface area contributed by atoms with Crippen molar-refractivity contribution < 1.29 is 65.8 Å². The molecule has 3 aromatic rings. The van der Waals surface area contributed by atoms with E-state index < -0.39 is 62.4 Å². The van der Waals surface area contributed by atoms with Crippen molar-refractivity contribution in [2.24, 2.45) is 7.05 Å². The Morgan fingerprint density at radius 1 is 1.05 bits per heavy atom. The van der Waals surface area contributed by atoms with Gasteiger partial charge in [-0.3, -0.25) is 9.48 Å². The monoisotopic (exact) mass is 672 g/mol. The Labute approximate surface area is 239 Å². The van der Waals surface area contributed by atoms with Crippen molar-refractivity contribution in [2.75, 3.05) is 7.05 Å². The predicted octanol–water partition coefficient (Wildman–Crippen LogP) is 6.15. The van der Waals surface area contributed by atoms with Gasteiger partial charge in [-0.25, -0.2) is 4.39 Å². The molecule has 4 rings (SSSR count). The molecule has 0 saturated heterocycles. The van der Waals surface area contributed by atoms with E-state index in [1.54, 1.807) is 0 Å². The van der Waals surface area contributed by atoms with E-state index in [-0.39, 0.29) is 32.6 Å². The fourth-order valence-electron chi connectivity index (χ4n) is 3.90. The summed E-state index contributed by atoms with van der Waals surface area (Å²) in [5, 5.41) is -0.759. The number of hydrogen-bond acceptors (Lipinski definition) is 7. The predicted molar refractivity (Wildman–Crippen MR) is 125 cm³/mol. The van der Waals surface area contributed by atoms with Crippen LogP contribution in [0.25, 0.3) is 22.7 Å². The number of aromatic nitrogens is 3. The molecular formula is C22H15ClF10N4O5S. The van der Waals surface area contributed by atoms with Crippen LogP contribution in [-0.4, -0.2) is 64.6 Å². The second-order valence-electron chi connectivity index (χ2n) is 9.20. The van der Waals surface area contributed by atoms with Gasteiger partial charge in [-0.2, -0.15) is 47.9 Å². The van der Waals surface area contributed by atoms with Crippen LogP contribution in [0.1, 0.15) is 28.8 Å². The molecule has 1 aliphatic rings. The molecule has 0 bridgehead atoms. The quantitative estimate of drug-likeness (QED) is 0.219. The summed E-state index contributed by atoms with van der Waals surface area (Å²) in [6, 6.07) is 4.62. The van der Waals surface area contributed by atoms with Crippen LogP contribution in [0.4, 0.5) is 43.9 Å². The number of nitrogens with zero attached hydrogens (tertiary/aromatic N) is 4. The minimum atomic E-state index is -7.61. The van der Waals surface area contributed by atoms with Crippen molar-refractivity contribution in [3.63, 3.8) is 0 Å². The minimum Gasteiger partial charge on any atom is -0.357 e. The number of benzene rings is 1. The van der Waals surface area contributed by atoms with Crippen LogP contribution in [0.5, 0.6) is 5.88 Å². The van der Waals surface area contributed by atoms with Gasteiger partial charge in [0, 0.05) is 31.8 Å². The maximum atomic E-state index is 14.2. The van der Waals surface area contributed by atoms with Gasteiger partial charge in [0.1, 0.15) is 17.0 Å². The van der Waals surface area contributed by atoms with Crippen LogP contribution in [0, 0.1) is 0 Å². The van der Waals surface area contributed by atoms with E-state index in [0.717, 1.165) is 18.9 Å². The summed E-state index contributed by atoms with van der Waals surface area (Å²) >= 11 is 6.12. The smallest absolute Gasteiger partial charge is 0.357 e. The fraction of sp³-hybridized carbons (Fsp3) is 0.409. The first-order valence-electron chi connectivity index (χ1n) is 11.5. The van der Waals surface area contributed by atoms with E-state index in [2.05, 4.69) is 14.4 Å². The van der Waals surface area contributed by atoms with Crippen LogP contribution in [0.15, 0.2) is 28.8 Å². The highest BCUT2D eigenvalue weighted by Crippen LogP contribution is 2.51.